The van der Waals surface area contributed by atoms with Crippen LogP contribution in [0.2, 0.25) is 0 Å². The van der Waals surface area contributed by atoms with Gasteiger partial charge < -0.3 is 34.3 Å². The number of carbonyl (C=O) groups is 1. The molecule has 0 aliphatic carbocycles. The Morgan fingerprint density at radius 1 is 0.708 bits per heavy atom. The first-order chi connectivity index (χ1) is 23.1. The summed E-state index contributed by atoms with van der Waals surface area (Å²) in [4.78, 5) is 11.6. The van der Waals surface area contributed by atoms with Crippen LogP contribution in [-0.2, 0) is 38.3 Å². The van der Waals surface area contributed by atoms with E-state index in [-0.39, 0.29) is 13.2 Å². The zero-order chi connectivity index (χ0) is 35.5. The summed E-state index contributed by atoms with van der Waals surface area (Å²) < 4.78 is 57.3. The molecule has 6 unspecified atom stereocenters. The summed E-state index contributed by atoms with van der Waals surface area (Å²) in [5, 5.41) is 30.0. The fourth-order valence-corrected chi connectivity index (χ4v) is 6.53. The number of rotatable bonds is 32. The molecule has 1 fully saturated rings. The van der Waals surface area contributed by atoms with Gasteiger partial charge in [0.15, 0.2) is 6.29 Å². The van der Waals surface area contributed by atoms with Gasteiger partial charge in [-0.25, -0.2) is 4.18 Å². The number of ether oxygens (including phenoxy) is 4. The Morgan fingerprint density at radius 2 is 1.15 bits per heavy atom. The van der Waals surface area contributed by atoms with Crippen LogP contribution < -0.4 is 0 Å². The second-order valence-electron chi connectivity index (χ2n) is 13.3. The van der Waals surface area contributed by atoms with Gasteiger partial charge in [0.2, 0.25) is 0 Å². The maximum absolute atomic E-state index is 11.6. The normalized spacial score (nSPS) is 22.2. The molecule has 0 amide bonds. The smallest absolute Gasteiger partial charge is 0.397 e. The molecule has 4 N–H and O–H groups in total. The van der Waals surface area contributed by atoms with Gasteiger partial charge in [-0.3, -0.25) is 9.35 Å². The van der Waals surface area contributed by atoms with Crippen molar-refractivity contribution < 1.29 is 56.2 Å². The van der Waals surface area contributed by atoms with Crippen molar-refractivity contribution in [2.45, 2.75) is 192 Å². The highest BCUT2D eigenvalue weighted by atomic mass is 32.3. The number of hydrogen-bond donors (Lipinski definition) is 4. The quantitative estimate of drug-likeness (QED) is 0.0354. The van der Waals surface area contributed by atoms with Crippen molar-refractivity contribution in [1.82, 2.24) is 0 Å². The fraction of sp³-hybridized carbons (Fsp3) is 0.971. The van der Waals surface area contributed by atoms with Crippen LogP contribution in [0.1, 0.15) is 155 Å². The minimum Gasteiger partial charge on any atom is -0.458 e. The first-order valence-electron chi connectivity index (χ1n) is 18.7. The fourth-order valence-electron chi connectivity index (χ4n) is 6.03. The largest absolute Gasteiger partial charge is 0.458 e. The average Bonchev–Trinajstić information content (AvgIpc) is 3.03. The number of carbonyl (C=O) groups excluding carboxylic acids is 1. The minimum atomic E-state index is -5.03. The van der Waals surface area contributed by atoms with Crippen molar-refractivity contribution in [2.75, 3.05) is 26.4 Å². The lowest BCUT2D eigenvalue weighted by atomic mass is 9.99. The standard InChI is InChI=1S/C35H68O12S/c1-3-4-5-6-7-8-9-10-11-12-13-14-15-16-17-18-19-20-21-22-23-24-25-43-27-30(45-29(2)37)28-44-35-33(39)34(47-48(40,41)42)32(38)31(26-36)46-35/h30-36,38-39H,3-28H2,1-2H3,(H,40,41,42). The van der Waals surface area contributed by atoms with Crippen LogP contribution >= 0.6 is 0 Å². The number of esters is 1. The Kier molecular flexibility index (Phi) is 27.0. The van der Waals surface area contributed by atoms with Gasteiger partial charge in [0.05, 0.1) is 19.8 Å². The van der Waals surface area contributed by atoms with E-state index in [0.29, 0.717) is 6.61 Å². The summed E-state index contributed by atoms with van der Waals surface area (Å²) in [6.07, 6.45) is 19.8. The average molecular weight is 713 g/mol. The third-order valence-electron chi connectivity index (χ3n) is 8.78. The highest BCUT2D eigenvalue weighted by Crippen LogP contribution is 2.26. The molecule has 1 aliphatic heterocycles. The van der Waals surface area contributed by atoms with Crippen LogP contribution in [0.3, 0.4) is 0 Å². The van der Waals surface area contributed by atoms with E-state index >= 15 is 0 Å². The van der Waals surface area contributed by atoms with E-state index in [1.807, 2.05) is 0 Å². The van der Waals surface area contributed by atoms with Crippen molar-refractivity contribution in [3.8, 4) is 0 Å². The molecule has 0 aromatic carbocycles. The molecule has 1 saturated heterocycles. The van der Waals surface area contributed by atoms with Crippen molar-refractivity contribution in [1.29, 1.82) is 0 Å². The lowest BCUT2D eigenvalue weighted by Crippen LogP contribution is -2.60. The third kappa shape index (κ3) is 23.5. The molecule has 1 heterocycles. The topological polar surface area (TPSA) is 178 Å². The van der Waals surface area contributed by atoms with Crippen LogP contribution in [0.15, 0.2) is 0 Å². The lowest BCUT2D eigenvalue weighted by molar-refractivity contribution is -0.301. The number of aliphatic hydroxyl groups excluding tert-OH is 3. The summed E-state index contributed by atoms with van der Waals surface area (Å²) in [5.74, 6) is -0.571. The SMILES string of the molecule is CCCCCCCCCCCCCCCCCCCCCCCCOCC(COC1OC(CO)C(O)C(OS(=O)(=O)O)C1O)OC(C)=O. The summed E-state index contributed by atoms with van der Waals surface area (Å²) in [6.45, 7) is 2.98. The van der Waals surface area contributed by atoms with Crippen molar-refractivity contribution in [2.24, 2.45) is 0 Å². The van der Waals surface area contributed by atoms with Gasteiger partial charge in [0, 0.05) is 13.5 Å². The predicted molar refractivity (Wildman–Crippen MR) is 184 cm³/mol. The Labute approximate surface area is 290 Å². The molecule has 0 aromatic rings. The van der Waals surface area contributed by atoms with Crippen LogP contribution in [0.4, 0.5) is 0 Å². The Balaban J connectivity index is 2.05. The third-order valence-corrected chi connectivity index (χ3v) is 9.24. The van der Waals surface area contributed by atoms with Gasteiger partial charge in [-0.15, -0.1) is 0 Å². The minimum absolute atomic E-state index is 0.0264. The maximum Gasteiger partial charge on any atom is 0.397 e. The molecule has 1 aliphatic rings. The Hall–Kier alpha value is -0.900. The van der Waals surface area contributed by atoms with Gasteiger partial charge >= 0.3 is 16.4 Å². The molecular weight excluding hydrogens is 644 g/mol. The number of hydrogen-bond acceptors (Lipinski definition) is 11. The zero-order valence-electron chi connectivity index (χ0n) is 29.8. The maximum atomic E-state index is 11.6. The first-order valence-corrected chi connectivity index (χ1v) is 20.1. The van der Waals surface area contributed by atoms with Gasteiger partial charge in [-0.2, -0.15) is 8.42 Å². The second kappa shape index (κ2) is 28.8. The molecule has 0 spiro atoms. The summed E-state index contributed by atoms with van der Waals surface area (Å²) in [5.41, 5.74) is 0. The first kappa shape index (κ1) is 45.1. The predicted octanol–water partition coefficient (Wildman–Crippen LogP) is 6.18. The van der Waals surface area contributed by atoms with Crippen molar-refractivity contribution in [3.05, 3.63) is 0 Å². The highest BCUT2D eigenvalue weighted by Gasteiger charge is 2.48. The molecule has 0 radical (unpaired) electrons. The van der Waals surface area contributed by atoms with Crippen LogP contribution in [0.25, 0.3) is 0 Å². The molecule has 12 nitrogen and oxygen atoms in total. The molecule has 13 heteroatoms. The molecule has 0 bridgehead atoms. The molecular formula is C35H68O12S. The van der Waals surface area contributed by atoms with Crippen LogP contribution in [0, 0.1) is 0 Å². The van der Waals surface area contributed by atoms with Crippen LogP contribution in [0.5, 0.6) is 0 Å². The molecule has 48 heavy (non-hydrogen) atoms. The van der Waals surface area contributed by atoms with E-state index in [1.54, 1.807) is 0 Å². The van der Waals surface area contributed by atoms with E-state index in [0.717, 1.165) is 19.3 Å². The van der Waals surface area contributed by atoms with E-state index < -0.39 is 59.8 Å². The van der Waals surface area contributed by atoms with E-state index in [2.05, 4.69) is 11.1 Å². The molecule has 6 atom stereocenters. The molecule has 0 aromatic heterocycles. The monoisotopic (exact) mass is 712 g/mol. The summed E-state index contributed by atoms with van der Waals surface area (Å²) in [6, 6.07) is 0. The van der Waals surface area contributed by atoms with E-state index in [4.69, 9.17) is 23.5 Å². The summed E-state index contributed by atoms with van der Waals surface area (Å²) in [7, 11) is -5.03. The zero-order valence-corrected chi connectivity index (χ0v) is 30.6. The highest BCUT2D eigenvalue weighted by molar-refractivity contribution is 7.80. The molecule has 1 rings (SSSR count). The van der Waals surface area contributed by atoms with Gasteiger partial charge in [-0.05, 0) is 6.42 Å². The van der Waals surface area contributed by atoms with Gasteiger partial charge in [-0.1, -0.05) is 142 Å². The van der Waals surface area contributed by atoms with Crippen molar-refractivity contribution >= 4 is 16.4 Å². The molecule has 0 saturated carbocycles. The Morgan fingerprint density at radius 3 is 1.54 bits per heavy atom. The van der Waals surface area contributed by atoms with Crippen LogP contribution in [-0.4, -0.2) is 97.5 Å². The van der Waals surface area contributed by atoms with E-state index in [1.165, 1.54) is 129 Å². The summed E-state index contributed by atoms with van der Waals surface area (Å²) >= 11 is 0. The molecule has 286 valence electrons. The Bertz CT molecular complexity index is 874. The number of aliphatic hydroxyl groups is 3. The van der Waals surface area contributed by atoms with Crippen molar-refractivity contribution in [3.63, 3.8) is 0 Å². The van der Waals surface area contributed by atoms with Gasteiger partial charge in [0.25, 0.3) is 0 Å². The second-order valence-corrected chi connectivity index (χ2v) is 14.3. The van der Waals surface area contributed by atoms with E-state index in [9.17, 15) is 28.5 Å². The van der Waals surface area contributed by atoms with Gasteiger partial charge in [0.1, 0.15) is 30.5 Å². The lowest BCUT2D eigenvalue weighted by Gasteiger charge is -2.41. The number of unbranched alkanes of at least 4 members (excludes halogenated alkanes) is 21.